The van der Waals surface area contributed by atoms with E-state index >= 15 is 0 Å². The van der Waals surface area contributed by atoms with Crippen LogP contribution in [0, 0.1) is 11.8 Å². The summed E-state index contributed by atoms with van der Waals surface area (Å²) in [6, 6.07) is 0.331. The molecule has 1 saturated carbocycles. The fourth-order valence-corrected chi connectivity index (χ4v) is 4.25. The molecule has 2 aliphatic rings. The van der Waals surface area contributed by atoms with E-state index in [4.69, 9.17) is 0 Å². The van der Waals surface area contributed by atoms with E-state index in [1.165, 1.54) is 24.0 Å². The Labute approximate surface area is 148 Å². The van der Waals surface area contributed by atoms with Gasteiger partial charge in [0.2, 0.25) is 5.91 Å². The highest BCUT2D eigenvalue weighted by Gasteiger charge is 2.37. The lowest BCUT2D eigenvalue weighted by Gasteiger charge is -2.35. The number of carbonyl (C=O) groups is 1. The SMILES string of the molecule is C=C/C(C)=C(/CC1CCN(C(C)C2CCCC(=C)C2)C1=O)C(=C)C. The third-order valence-corrected chi connectivity index (χ3v) is 5.93. The van der Waals surface area contributed by atoms with Crippen LogP contribution in [0.25, 0.3) is 0 Å². The summed E-state index contributed by atoms with van der Waals surface area (Å²) in [5, 5.41) is 0. The van der Waals surface area contributed by atoms with Crippen molar-refractivity contribution in [2.75, 3.05) is 6.54 Å². The lowest BCUT2D eigenvalue weighted by molar-refractivity contribution is -0.133. The molecule has 0 bridgehead atoms. The van der Waals surface area contributed by atoms with Crippen LogP contribution in [0.15, 0.2) is 48.1 Å². The first-order chi connectivity index (χ1) is 11.3. The third-order valence-electron chi connectivity index (χ3n) is 5.93. The fourth-order valence-electron chi connectivity index (χ4n) is 4.25. The molecular weight excluding hydrogens is 294 g/mol. The van der Waals surface area contributed by atoms with Crippen molar-refractivity contribution in [1.29, 1.82) is 0 Å². The monoisotopic (exact) mass is 327 g/mol. The zero-order chi connectivity index (χ0) is 17.9. The molecule has 1 amide bonds. The van der Waals surface area contributed by atoms with Crippen LogP contribution >= 0.6 is 0 Å². The predicted octanol–water partition coefficient (Wildman–Crippen LogP) is 5.44. The van der Waals surface area contributed by atoms with E-state index in [9.17, 15) is 4.79 Å². The number of likely N-dealkylation sites (tertiary alicyclic amines) is 1. The first kappa shape index (κ1) is 18.8. The maximum atomic E-state index is 13.0. The molecule has 3 atom stereocenters. The standard InChI is InChI=1S/C22H33NO/c1-7-17(5)21(15(2)3)14-20-11-12-23(22(20)24)18(6)19-10-8-9-16(4)13-19/h7,18-20H,1-2,4,8-14H2,3,5-6H3/b21-17-. The highest BCUT2D eigenvalue weighted by molar-refractivity contribution is 5.81. The lowest BCUT2D eigenvalue weighted by Crippen LogP contribution is -2.41. The minimum absolute atomic E-state index is 0.0980. The Morgan fingerprint density at radius 1 is 1.38 bits per heavy atom. The van der Waals surface area contributed by atoms with Crippen molar-refractivity contribution in [2.24, 2.45) is 11.8 Å². The molecular formula is C22H33NO. The van der Waals surface area contributed by atoms with Gasteiger partial charge < -0.3 is 4.90 Å². The highest BCUT2D eigenvalue weighted by atomic mass is 16.2. The van der Waals surface area contributed by atoms with Crippen LogP contribution in [0.2, 0.25) is 0 Å². The molecule has 0 radical (unpaired) electrons. The molecule has 0 N–H and O–H groups in total. The van der Waals surface area contributed by atoms with E-state index in [-0.39, 0.29) is 5.92 Å². The predicted molar refractivity (Wildman–Crippen MR) is 103 cm³/mol. The van der Waals surface area contributed by atoms with Gasteiger partial charge >= 0.3 is 0 Å². The molecule has 2 rings (SSSR count). The van der Waals surface area contributed by atoms with Crippen LogP contribution < -0.4 is 0 Å². The average molecular weight is 328 g/mol. The summed E-state index contributed by atoms with van der Waals surface area (Å²) in [5.41, 5.74) is 4.75. The van der Waals surface area contributed by atoms with Gasteiger partial charge in [-0.05, 0) is 76.4 Å². The number of rotatable bonds is 6. The normalized spacial score (nSPS) is 27.0. The molecule has 0 aromatic heterocycles. The first-order valence-corrected chi connectivity index (χ1v) is 9.30. The number of hydrogen-bond acceptors (Lipinski definition) is 1. The van der Waals surface area contributed by atoms with Gasteiger partial charge in [-0.1, -0.05) is 37.0 Å². The van der Waals surface area contributed by atoms with E-state index in [0.717, 1.165) is 43.4 Å². The van der Waals surface area contributed by atoms with Crippen molar-refractivity contribution in [2.45, 2.75) is 65.3 Å². The molecule has 2 nitrogen and oxygen atoms in total. The third kappa shape index (κ3) is 4.09. The summed E-state index contributed by atoms with van der Waals surface area (Å²) in [6.45, 7) is 19.3. The summed E-state index contributed by atoms with van der Waals surface area (Å²) in [4.78, 5) is 15.1. The Morgan fingerprint density at radius 2 is 2.08 bits per heavy atom. The summed E-state index contributed by atoms with van der Waals surface area (Å²) in [6.07, 6.45) is 8.32. The molecule has 2 heteroatoms. The van der Waals surface area contributed by atoms with Crippen molar-refractivity contribution in [1.82, 2.24) is 4.90 Å². The number of allylic oxidation sites excluding steroid dienone is 5. The second-order valence-corrected chi connectivity index (χ2v) is 7.71. The van der Waals surface area contributed by atoms with E-state index in [1.807, 2.05) is 13.0 Å². The first-order valence-electron chi connectivity index (χ1n) is 9.30. The largest absolute Gasteiger partial charge is 0.339 e. The van der Waals surface area contributed by atoms with Crippen molar-refractivity contribution < 1.29 is 4.79 Å². The van der Waals surface area contributed by atoms with Crippen molar-refractivity contribution in [3.63, 3.8) is 0 Å². The van der Waals surface area contributed by atoms with Gasteiger partial charge in [-0.3, -0.25) is 4.79 Å². The van der Waals surface area contributed by atoms with Gasteiger partial charge in [-0.25, -0.2) is 0 Å². The highest BCUT2D eigenvalue weighted by Crippen LogP contribution is 2.36. The van der Waals surface area contributed by atoms with E-state index < -0.39 is 0 Å². The van der Waals surface area contributed by atoms with Crippen molar-refractivity contribution in [3.05, 3.63) is 48.1 Å². The van der Waals surface area contributed by atoms with Gasteiger partial charge in [-0.15, -0.1) is 0 Å². The van der Waals surface area contributed by atoms with Crippen LogP contribution in [0.1, 0.15) is 59.3 Å². The molecule has 2 fully saturated rings. The van der Waals surface area contributed by atoms with Gasteiger partial charge in [0.15, 0.2) is 0 Å². The Bertz CT molecular complexity index is 569. The Morgan fingerprint density at radius 3 is 2.67 bits per heavy atom. The molecule has 0 spiro atoms. The molecule has 0 aromatic rings. The Kier molecular flexibility index (Phi) is 6.26. The summed E-state index contributed by atoms with van der Waals surface area (Å²) in [7, 11) is 0. The van der Waals surface area contributed by atoms with Gasteiger partial charge in [0.05, 0.1) is 0 Å². The molecule has 24 heavy (non-hydrogen) atoms. The molecule has 0 aromatic carbocycles. The van der Waals surface area contributed by atoms with E-state index in [1.54, 1.807) is 0 Å². The second-order valence-electron chi connectivity index (χ2n) is 7.71. The van der Waals surface area contributed by atoms with E-state index in [2.05, 4.69) is 38.5 Å². The molecule has 1 saturated heterocycles. The Hall–Kier alpha value is -1.57. The number of nitrogens with zero attached hydrogens (tertiary/aromatic N) is 1. The van der Waals surface area contributed by atoms with Gasteiger partial charge in [0, 0.05) is 18.5 Å². The van der Waals surface area contributed by atoms with Crippen molar-refractivity contribution in [3.8, 4) is 0 Å². The summed E-state index contributed by atoms with van der Waals surface area (Å²) < 4.78 is 0. The molecule has 1 heterocycles. The number of hydrogen-bond donors (Lipinski definition) is 0. The van der Waals surface area contributed by atoms with Gasteiger partial charge in [-0.2, -0.15) is 0 Å². The minimum atomic E-state index is 0.0980. The molecule has 1 aliphatic carbocycles. The minimum Gasteiger partial charge on any atom is -0.339 e. The van der Waals surface area contributed by atoms with Gasteiger partial charge in [0.1, 0.15) is 0 Å². The van der Waals surface area contributed by atoms with Crippen LogP contribution in [0.5, 0.6) is 0 Å². The molecule has 1 aliphatic heterocycles. The molecule has 132 valence electrons. The average Bonchev–Trinajstić information content (AvgIpc) is 2.91. The number of amides is 1. The quantitative estimate of drug-likeness (QED) is 0.470. The van der Waals surface area contributed by atoms with Crippen LogP contribution in [0.4, 0.5) is 0 Å². The maximum Gasteiger partial charge on any atom is 0.226 e. The summed E-state index contributed by atoms with van der Waals surface area (Å²) in [5.74, 6) is 1.01. The number of carbonyl (C=O) groups excluding carboxylic acids is 1. The maximum absolute atomic E-state index is 13.0. The zero-order valence-electron chi connectivity index (χ0n) is 15.7. The van der Waals surface area contributed by atoms with Gasteiger partial charge in [0.25, 0.3) is 0 Å². The van der Waals surface area contributed by atoms with Crippen molar-refractivity contribution >= 4 is 5.91 Å². The van der Waals surface area contributed by atoms with Crippen LogP contribution in [0.3, 0.4) is 0 Å². The lowest BCUT2D eigenvalue weighted by atomic mass is 9.81. The zero-order valence-corrected chi connectivity index (χ0v) is 15.7. The fraction of sp³-hybridized carbons (Fsp3) is 0.591. The van der Waals surface area contributed by atoms with Crippen LogP contribution in [-0.2, 0) is 4.79 Å². The summed E-state index contributed by atoms with van der Waals surface area (Å²) >= 11 is 0. The topological polar surface area (TPSA) is 20.3 Å². The van der Waals surface area contributed by atoms with Crippen LogP contribution in [-0.4, -0.2) is 23.4 Å². The Balaban J connectivity index is 2.05. The van der Waals surface area contributed by atoms with E-state index in [0.29, 0.717) is 17.9 Å². The molecule has 3 unspecified atom stereocenters. The second kappa shape index (κ2) is 8.00. The smallest absolute Gasteiger partial charge is 0.226 e.